The maximum absolute atomic E-state index is 5.55. The zero-order chi connectivity index (χ0) is 23.2. The van der Waals surface area contributed by atoms with Crippen molar-refractivity contribution < 1.29 is 9.47 Å². The van der Waals surface area contributed by atoms with Gasteiger partial charge in [-0.2, -0.15) is 5.10 Å². The summed E-state index contributed by atoms with van der Waals surface area (Å²) in [6.45, 7) is 10.6. The first-order chi connectivity index (χ1) is 15.9. The van der Waals surface area contributed by atoms with Crippen molar-refractivity contribution in [1.82, 2.24) is 19.3 Å². The van der Waals surface area contributed by atoms with Crippen molar-refractivity contribution in [3.8, 4) is 11.4 Å². The summed E-state index contributed by atoms with van der Waals surface area (Å²) in [5.74, 6) is 2.77. The maximum Gasteiger partial charge on any atom is 0.181 e. The molecule has 0 radical (unpaired) electrons. The molecule has 1 aliphatic heterocycles. The van der Waals surface area contributed by atoms with Crippen LogP contribution < -0.4 is 0 Å². The fourth-order valence-electron chi connectivity index (χ4n) is 5.85. The van der Waals surface area contributed by atoms with Crippen molar-refractivity contribution in [2.75, 3.05) is 26.9 Å². The van der Waals surface area contributed by atoms with Crippen LogP contribution in [0.15, 0.2) is 30.6 Å². The number of nitrogens with zero attached hydrogens (tertiary/aromatic N) is 4. The molecule has 33 heavy (non-hydrogen) atoms. The molecule has 7 heteroatoms. The fraction of sp³-hybridized carbons (Fsp3) is 0.615. The molecular weight excluding hydrogens is 527 g/mol. The zero-order valence-corrected chi connectivity index (χ0v) is 22.3. The molecule has 2 fully saturated rings. The van der Waals surface area contributed by atoms with Gasteiger partial charge in [0, 0.05) is 36.0 Å². The lowest BCUT2D eigenvalue weighted by molar-refractivity contribution is -0.118. The van der Waals surface area contributed by atoms with Gasteiger partial charge in [-0.25, -0.2) is 9.67 Å². The van der Waals surface area contributed by atoms with Crippen molar-refractivity contribution in [3.63, 3.8) is 0 Å². The highest BCUT2D eigenvalue weighted by Crippen LogP contribution is 2.52. The molecule has 2 aromatic heterocycles. The van der Waals surface area contributed by atoms with Crippen LogP contribution in [0, 0.1) is 26.9 Å². The third-order valence-corrected chi connectivity index (χ3v) is 9.07. The van der Waals surface area contributed by atoms with Crippen LogP contribution >= 0.6 is 22.6 Å². The monoisotopic (exact) mass is 562 g/mol. The van der Waals surface area contributed by atoms with Crippen LogP contribution in [-0.2, 0) is 16.0 Å². The average molecular weight is 562 g/mol. The minimum Gasteiger partial charge on any atom is -0.383 e. The van der Waals surface area contributed by atoms with Crippen LogP contribution in [0.25, 0.3) is 22.3 Å². The maximum atomic E-state index is 5.55. The van der Waals surface area contributed by atoms with Crippen LogP contribution in [0.5, 0.6) is 0 Å². The molecule has 178 valence electrons. The van der Waals surface area contributed by atoms with Gasteiger partial charge in [-0.05, 0) is 83.4 Å². The molecule has 1 saturated carbocycles. The van der Waals surface area contributed by atoms with Gasteiger partial charge in [-0.1, -0.05) is 20.8 Å². The van der Waals surface area contributed by atoms with Gasteiger partial charge in [0.1, 0.15) is 6.33 Å². The minimum absolute atomic E-state index is 0.334. The Hall–Kier alpha value is -1.45. The second kappa shape index (κ2) is 9.30. The van der Waals surface area contributed by atoms with Crippen LogP contribution in [-0.4, -0.2) is 46.3 Å². The van der Waals surface area contributed by atoms with Gasteiger partial charge < -0.3 is 14.0 Å². The van der Waals surface area contributed by atoms with E-state index in [4.69, 9.17) is 19.6 Å². The van der Waals surface area contributed by atoms with E-state index in [1.807, 2.05) is 6.33 Å². The molecule has 1 aliphatic carbocycles. The quantitative estimate of drug-likeness (QED) is 0.342. The van der Waals surface area contributed by atoms with Crippen molar-refractivity contribution in [3.05, 3.63) is 34.3 Å². The predicted molar refractivity (Wildman–Crippen MR) is 139 cm³/mol. The molecule has 3 atom stereocenters. The highest BCUT2D eigenvalue weighted by Gasteiger charge is 2.46. The second-order valence-electron chi connectivity index (χ2n) is 10.5. The number of halogens is 1. The van der Waals surface area contributed by atoms with Crippen molar-refractivity contribution in [2.24, 2.45) is 23.2 Å². The van der Waals surface area contributed by atoms with E-state index >= 15 is 0 Å². The Bertz CT molecular complexity index is 1120. The molecule has 1 aromatic carbocycles. The van der Waals surface area contributed by atoms with Gasteiger partial charge in [-0.3, -0.25) is 0 Å². The summed E-state index contributed by atoms with van der Waals surface area (Å²) in [6.07, 6.45) is 5.67. The highest BCUT2D eigenvalue weighted by atomic mass is 127. The molecule has 0 amide bonds. The first-order valence-corrected chi connectivity index (χ1v) is 13.2. The Balaban J connectivity index is 1.43. The number of aromatic nitrogens is 4. The normalized spacial score (nSPS) is 26.2. The highest BCUT2D eigenvalue weighted by molar-refractivity contribution is 14.1. The smallest absolute Gasteiger partial charge is 0.181 e. The molecule has 0 bridgehead atoms. The summed E-state index contributed by atoms with van der Waals surface area (Å²) in [6, 6.07) is 9.18. The van der Waals surface area contributed by atoms with E-state index in [2.05, 4.69) is 76.9 Å². The van der Waals surface area contributed by atoms with Crippen LogP contribution in [0.4, 0.5) is 0 Å². The number of ether oxygens (including phenoxy) is 2. The van der Waals surface area contributed by atoms with Gasteiger partial charge in [0.2, 0.25) is 0 Å². The SMILES string of the molecule is COCCn1c(I)cc2cc(-c3ncn(C4CC(C)(C5COC5)CCC4C(C)C)n3)ccc21. The van der Waals surface area contributed by atoms with E-state index in [-0.39, 0.29) is 0 Å². The van der Waals surface area contributed by atoms with Gasteiger partial charge in [0.15, 0.2) is 5.82 Å². The average Bonchev–Trinajstić information content (AvgIpc) is 3.34. The third-order valence-electron chi connectivity index (χ3n) is 8.17. The Labute approximate surface area is 210 Å². The summed E-state index contributed by atoms with van der Waals surface area (Å²) in [5.41, 5.74) is 2.64. The van der Waals surface area contributed by atoms with E-state index in [9.17, 15) is 0 Å². The zero-order valence-electron chi connectivity index (χ0n) is 20.1. The van der Waals surface area contributed by atoms with Gasteiger partial charge in [0.05, 0.1) is 29.6 Å². The molecule has 5 rings (SSSR count). The van der Waals surface area contributed by atoms with Gasteiger partial charge >= 0.3 is 0 Å². The van der Waals surface area contributed by atoms with E-state index in [1.165, 1.54) is 27.4 Å². The van der Waals surface area contributed by atoms with E-state index in [1.54, 1.807) is 7.11 Å². The number of fused-ring (bicyclic) bond motifs is 1. The molecule has 3 unspecified atom stereocenters. The number of methoxy groups -OCH3 is 1. The van der Waals surface area contributed by atoms with E-state index in [0.29, 0.717) is 35.8 Å². The van der Waals surface area contributed by atoms with E-state index in [0.717, 1.165) is 37.6 Å². The Kier molecular flexibility index (Phi) is 6.57. The Morgan fingerprint density at radius 3 is 2.79 bits per heavy atom. The molecule has 6 nitrogen and oxygen atoms in total. The van der Waals surface area contributed by atoms with Crippen molar-refractivity contribution in [1.29, 1.82) is 0 Å². The molecule has 0 spiro atoms. The number of hydrogen-bond acceptors (Lipinski definition) is 4. The van der Waals surface area contributed by atoms with Crippen molar-refractivity contribution in [2.45, 2.75) is 52.6 Å². The summed E-state index contributed by atoms with van der Waals surface area (Å²) >= 11 is 2.40. The first-order valence-electron chi connectivity index (χ1n) is 12.2. The van der Waals surface area contributed by atoms with Crippen LogP contribution in [0.2, 0.25) is 0 Å². The first kappa shape index (κ1) is 23.3. The standard InChI is InChI=1S/C26H35IN4O2/c1-17(2)21-7-8-26(3,20-14-33-15-20)13-23(21)31-16-28-25(29-31)18-5-6-22-19(11-18)12-24(27)30(22)9-10-32-4/h5-6,11-12,16-17,20-21,23H,7-10,13-15H2,1-4H3. The molecular formula is C26H35IN4O2. The number of hydrogen-bond donors (Lipinski definition) is 0. The summed E-state index contributed by atoms with van der Waals surface area (Å²) in [4.78, 5) is 4.77. The second-order valence-corrected chi connectivity index (χ2v) is 11.6. The Morgan fingerprint density at radius 2 is 2.09 bits per heavy atom. The number of rotatable bonds is 7. The van der Waals surface area contributed by atoms with Crippen molar-refractivity contribution >= 4 is 33.5 Å². The lowest BCUT2D eigenvalue weighted by atomic mass is 9.60. The topological polar surface area (TPSA) is 54.1 Å². The summed E-state index contributed by atoms with van der Waals surface area (Å²) < 4.78 is 16.5. The molecule has 2 aliphatic rings. The van der Waals surface area contributed by atoms with Gasteiger partial charge in [-0.15, -0.1) is 0 Å². The third kappa shape index (κ3) is 4.36. The molecule has 0 N–H and O–H groups in total. The minimum atomic E-state index is 0.334. The fourth-order valence-corrected chi connectivity index (χ4v) is 6.69. The number of benzene rings is 1. The summed E-state index contributed by atoms with van der Waals surface area (Å²) in [7, 11) is 1.75. The largest absolute Gasteiger partial charge is 0.383 e. The van der Waals surface area contributed by atoms with E-state index < -0.39 is 0 Å². The lowest BCUT2D eigenvalue weighted by Crippen LogP contribution is -2.47. The van der Waals surface area contributed by atoms with Crippen LogP contribution in [0.3, 0.4) is 0 Å². The molecule has 3 aromatic rings. The Morgan fingerprint density at radius 1 is 1.27 bits per heavy atom. The molecule has 1 saturated heterocycles. The van der Waals surface area contributed by atoms with Gasteiger partial charge in [0.25, 0.3) is 0 Å². The lowest BCUT2D eigenvalue weighted by Gasteiger charge is -2.50. The molecule has 3 heterocycles. The summed E-state index contributed by atoms with van der Waals surface area (Å²) in [5, 5.41) is 6.26. The van der Waals surface area contributed by atoms with Crippen LogP contribution in [0.1, 0.15) is 46.1 Å². The predicted octanol–water partition coefficient (Wildman–Crippen LogP) is 5.80.